The molecule has 0 aliphatic carbocycles. The van der Waals surface area contributed by atoms with E-state index in [-0.39, 0.29) is 0 Å². The molecule has 0 atom stereocenters. The summed E-state index contributed by atoms with van der Waals surface area (Å²) in [5, 5.41) is 0. The molecule has 1 fully saturated rings. The molecule has 1 saturated heterocycles. The van der Waals surface area contributed by atoms with Crippen LogP contribution in [-0.2, 0) is 19.2 Å². The summed E-state index contributed by atoms with van der Waals surface area (Å²) in [5.41, 5.74) is 0. The molecular weight excluding hydrogens is 164 g/mol. The first-order valence-electron chi connectivity index (χ1n) is 3.11. The van der Waals surface area contributed by atoms with Gasteiger partial charge in [0.05, 0.1) is 0 Å². The summed E-state index contributed by atoms with van der Waals surface area (Å²) in [6.45, 7) is 0. The Kier molecular flexibility index (Phi) is 1.68. The maximum Gasteiger partial charge on any atom is 0.319 e. The van der Waals surface area contributed by atoms with E-state index < -0.39 is 23.6 Å². The molecule has 0 bridgehead atoms. The Morgan fingerprint density at radius 3 is 1.00 bits per heavy atom. The number of hydrogen-bond acceptors (Lipinski definition) is 4. The molecule has 0 N–H and O–H groups in total. The zero-order valence-corrected chi connectivity index (χ0v) is 6.53. The van der Waals surface area contributed by atoms with Crippen molar-refractivity contribution >= 4 is 23.6 Å². The molecule has 0 saturated carbocycles. The summed E-state index contributed by atoms with van der Waals surface area (Å²) >= 11 is 0. The molecule has 0 unspecified atom stereocenters. The molecule has 64 valence electrons. The smallest absolute Gasteiger partial charge is 0.269 e. The van der Waals surface area contributed by atoms with Crippen LogP contribution in [0.2, 0.25) is 0 Å². The average Bonchev–Trinajstić information content (AvgIpc) is 2.08. The van der Waals surface area contributed by atoms with E-state index in [1.807, 2.05) is 0 Å². The molecule has 4 amide bonds. The fraction of sp³-hybridized carbons (Fsp3) is 0.333. The Hall–Kier alpha value is -1.72. The Bertz CT molecular complexity index is 238. The summed E-state index contributed by atoms with van der Waals surface area (Å²) < 4.78 is 0. The van der Waals surface area contributed by atoms with Crippen LogP contribution in [0.3, 0.4) is 0 Å². The van der Waals surface area contributed by atoms with E-state index >= 15 is 0 Å². The molecule has 1 heterocycles. The van der Waals surface area contributed by atoms with E-state index in [2.05, 4.69) is 0 Å². The van der Waals surface area contributed by atoms with Crippen LogP contribution in [0.4, 0.5) is 0 Å². The lowest BCUT2D eigenvalue weighted by Gasteiger charge is -2.24. The molecule has 0 aromatic heterocycles. The van der Waals surface area contributed by atoms with Gasteiger partial charge in [-0.05, 0) is 0 Å². The Morgan fingerprint density at radius 2 is 0.833 bits per heavy atom. The first-order valence-corrected chi connectivity index (χ1v) is 3.11. The number of rotatable bonds is 0. The predicted molar refractivity (Wildman–Crippen MR) is 35.6 cm³/mol. The van der Waals surface area contributed by atoms with Crippen molar-refractivity contribution < 1.29 is 19.2 Å². The van der Waals surface area contributed by atoms with Gasteiger partial charge < -0.3 is 0 Å². The van der Waals surface area contributed by atoms with E-state index in [0.29, 0.717) is 9.80 Å². The summed E-state index contributed by atoms with van der Waals surface area (Å²) in [5.74, 6) is -3.94. The quantitative estimate of drug-likeness (QED) is 0.310. The topological polar surface area (TPSA) is 74.8 Å². The zero-order valence-electron chi connectivity index (χ0n) is 6.53. The second-order valence-corrected chi connectivity index (χ2v) is 2.34. The Labute approximate surface area is 67.7 Å². The lowest BCUT2D eigenvalue weighted by Crippen LogP contribution is -2.57. The molecule has 6 nitrogen and oxygen atoms in total. The van der Waals surface area contributed by atoms with Crippen LogP contribution in [0, 0.1) is 0 Å². The minimum absolute atomic E-state index is 0.505. The van der Waals surface area contributed by atoms with Crippen LogP contribution in [-0.4, -0.2) is 47.5 Å². The number of carbonyl (C=O) groups is 4. The first-order chi connectivity index (χ1) is 5.46. The maximum absolute atomic E-state index is 10.9. The van der Waals surface area contributed by atoms with E-state index in [0.717, 1.165) is 14.1 Å². The molecule has 1 aliphatic rings. The van der Waals surface area contributed by atoms with E-state index in [1.165, 1.54) is 0 Å². The molecule has 0 radical (unpaired) electrons. The predicted octanol–water partition coefficient (Wildman–Crippen LogP) is -2.03. The Balaban J connectivity index is 3.07. The third-order valence-electron chi connectivity index (χ3n) is 1.58. The van der Waals surface area contributed by atoms with Gasteiger partial charge in [0.25, 0.3) is 0 Å². The number of likely N-dealkylation sites (N-methyl/N-ethyl adjacent to an activating group) is 2. The maximum atomic E-state index is 10.9. The minimum Gasteiger partial charge on any atom is -0.269 e. The normalized spacial score (nSPS) is 19.2. The zero-order chi connectivity index (χ0) is 9.46. The number of amides is 4. The second-order valence-electron chi connectivity index (χ2n) is 2.34. The number of piperazine rings is 1. The highest BCUT2D eigenvalue weighted by molar-refractivity contribution is 6.54. The number of imide groups is 2. The van der Waals surface area contributed by atoms with Gasteiger partial charge in [-0.3, -0.25) is 29.0 Å². The number of hydrogen-bond donors (Lipinski definition) is 0. The van der Waals surface area contributed by atoms with Crippen LogP contribution in [0.5, 0.6) is 0 Å². The second kappa shape index (κ2) is 2.40. The highest BCUT2D eigenvalue weighted by Gasteiger charge is 2.40. The molecule has 1 rings (SSSR count). The molecule has 1 aliphatic heterocycles. The van der Waals surface area contributed by atoms with Crippen LogP contribution in [0.15, 0.2) is 0 Å². The van der Waals surface area contributed by atoms with Gasteiger partial charge in [0, 0.05) is 14.1 Å². The van der Waals surface area contributed by atoms with Gasteiger partial charge in [0.15, 0.2) is 0 Å². The van der Waals surface area contributed by atoms with Crippen LogP contribution >= 0.6 is 0 Å². The van der Waals surface area contributed by atoms with Gasteiger partial charge in [0.2, 0.25) is 0 Å². The average molecular weight is 170 g/mol. The summed E-state index contributed by atoms with van der Waals surface area (Å²) in [4.78, 5) is 44.4. The SMILES string of the molecule is CN1C(=O)C(=O)N(C)C(=O)C1=O. The highest BCUT2D eigenvalue weighted by atomic mass is 16.2. The third-order valence-corrected chi connectivity index (χ3v) is 1.58. The van der Waals surface area contributed by atoms with Crippen molar-refractivity contribution in [3.63, 3.8) is 0 Å². The fourth-order valence-corrected chi connectivity index (χ4v) is 0.758. The van der Waals surface area contributed by atoms with Gasteiger partial charge in [-0.1, -0.05) is 0 Å². The van der Waals surface area contributed by atoms with Gasteiger partial charge in [-0.2, -0.15) is 0 Å². The molecule has 0 aromatic rings. The monoisotopic (exact) mass is 170 g/mol. The third kappa shape index (κ3) is 0.884. The number of carbonyl (C=O) groups excluding carboxylic acids is 4. The summed E-state index contributed by atoms with van der Waals surface area (Å²) in [7, 11) is 2.18. The largest absolute Gasteiger partial charge is 0.319 e. The van der Waals surface area contributed by atoms with Gasteiger partial charge >= 0.3 is 23.6 Å². The van der Waals surface area contributed by atoms with Crippen molar-refractivity contribution in [3.05, 3.63) is 0 Å². The van der Waals surface area contributed by atoms with Crippen molar-refractivity contribution in [2.45, 2.75) is 0 Å². The molecule has 12 heavy (non-hydrogen) atoms. The summed E-state index contributed by atoms with van der Waals surface area (Å²) in [6.07, 6.45) is 0. The van der Waals surface area contributed by atoms with E-state index in [9.17, 15) is 19.2 Å². The Morgan fingerprint density at radius 1 is 0.667 bits per heavy atom. The molecule has 0 aromatic carbocycles. The fourth-order valence-electron chi connectivity index (χ4n) is 0.758. The molecular formula is C6H6N2O4. The van der Waals surface area contributed by atoms with E-state index in [1.54, 1.807) is 0 Å². The lowest BCUT2D eigenvalue weighted by molar-refractivity contribution is -0.169. The van der Waals surface area contributed by atoms with Crippen molar-refractivity contribution in [2.24, 2.45) is 0 Å². The number of nitrogens with zero attached hydrogens (tertiary/aromatic N) is 2. The summed E-state index contributed by atoms with van der Waals surface area (Å²) in [6, 6.07) is 0. The molecule has 0 spiro atoms. The van der Waals surface area contributed by atoms with Crippen molar-refractivity contribution in [2.75, 3.05) is 14.1 Å². The van der Waals surface area contributed by atoms with Gasteiger partial charge in [0.1, 0.15) is 0 Å². The van der Waals surface area contributed by atoms with Crippen molar-refractivity contribution in [1.82, 2.24) is 9.80 Å². The van der Waals surface area contributed by atoms with Crippen LogP contribution < -0.4 is 0 Å². The lowest BCUT2D eigenvalue weighted by atomic mass is 10.3. The van der Waals surface area contributed by atoms with Crippen LogP contribution in [0.25, 0.3) is 0 Å². The van der Waals surface area contributed by atoms with Crippen molar-refractivity contribution in [1.29, 1.82) is 0 Å². The first kappa shape index (κ1) is 8.38. The van der Waals surface area contributed by atoms with Crippen LogP contribution in [0.1, 0.15) is 0 Å². The molecule has 6 heteroatoms. The van der Waals surface area contributed by atoms with Gasteiger partial charge in [-0.15, -0.1) is 0 Å². The van der Waals surface area contributed by atoms with Gasteiger partial charge in [-0.25, -0.2) is 0 Å². The van der Waals surface area contributed by atoms with E-state index in [4.69, 9.17) is 0 Å². The van der Waals surface area contributed by atoms with Crippen molar-refractivity contribution in [3.8, 4) is 0 Å². The highest BCUT2D eigenvalue weighted by Crippen LogP contribution is 2.02. The minimum atomic E-state index is -0.984. The standard InChI is InChI=1S/C6H6N2O4/c1-7-3(9)5(11)8(2)6(12)4(7)10/h1-2H3.